The molecule has 3 aromatic rings. The lowest BCUT2D eigenvalue weighted by Gasteiger charge is -2.41. The molecule has 0 saturated carbocycles. The molecule has 1 atom stereocenters. The number of pyridine rings is 1. The van der Waals surface area contributed by atoms with Crippen molar-refractivity contribution in [3.8, 4) is 11.1 Å². The normalized spacial score (nSPS) is 17.6. The summed E-state index contributed by atoms with van der Waals surface area (Å²) in [6.45, 7) is 6.06. The molecule has 1 aliphatic heterocycles. The average Bonchev–Trinajstić information content (AvgIpc) is 2.86. The van der Waals surface area contributed by atoms with Gasteiger partial charge in [0.25, 0.3) is 0 Å². The maximum Gasteiger partial charge on any atom is 0.397 e. The van der Waals surface area contributed by atoms with Crippen molar-refractivity contribution in [3.05, 3.63) is 89.7 Å². The van der Waals surface area contributed by atoms with Crippen LogP contribution in [0.3, 0.4) is 0 Å². The van der Waals surface area contributed by atoms with Crippen LogP contribution in [0.1, 0.15) is 37.0 Å². The summed E-state index contributed by atoms with van der Waals surface area (Å²) in [5.41, 5.74) is 2.35. The van der Waals surface area contributed by atoms with E-state index < -0.39 is 17.6 Å². The Kier molecular flexibility index (Phi) is 7.99. The molecule has 1 aliphatic rings. The minimum atomic E-state index is -4.32. The zero-order valence-electron chi connectivity index (χ0n) is 21.1. The molecule has 1 fully saturated rings. The molecule has 0 spiro atoms. The number of nitrogens with zero attached hydrogens (tertiary/aromatic N) is 3. The molecular formula is C29H32F3N3O2. The van der Waals surface area contributed by atoms with E-state index in [9.17, 15) is 23.1 Å². The van der Waals surface area contributed by atoms with Crippen molar-refractivity contribution in [3.63, 3.8) is 0 Å². The van der Waals surface area contributed by atoms with Crippen LogP contribution in [-0.2, 0) is 23.3 Å². The van der Waals surface area contributed by atoms with E-state index in [1.54, 1.807) is 36.7 Å². The van der Waals surface area contributed by atoms with Crippen LogP contribution in [0, 0.1) is 0 Å². The summed E-state index contributed by atoms with van der Waals surface area (Å²) in [4.78, 5) is 20.1. The number of rotatable bonds is 8. The number of aromatic nitrogens is 1. The van der Waals surface area contributed by atoms with Crippen molar-refractivity contribution in [2.75, 3.05) is 19.6 Å². The Bertz CT molecular complexity index is 1180. The second-order valence-electron chi connectivity index (χ2n) is 10.2. The van der Waals surface area contributed by atoms with Crippen LogP contribution in [-0.4, -0.2) is 57.7 Å². The highest BCUT2D eigenvalue weighted by Crippen LogP contribution is 2.40. The van der Waals surface area contributed by atoms with Crippen LogP contribution in [0.15, 0.2) is 73.1 Å². The number of carboxylic acid groups (broad SMARTS) is 1. The predicted octanol–water partition coefficient (Wildman–Crippen LogP) is 5.75. The van der Waals surface area contributed by atoms with Gasteiger partial charge in [0.1, 0.15) is 0 Å². The molecule has 2 aromatic carbocycles. The number of halogens is 3. The molecular weight excluding hydrogens is 479 g/mol. The van der Waals surface area contributed by atoms with E-state index in [1.165, 1.54) is 13.8 Å². The molecule has 0 unspecified atom stereocenters. The summed E-state index contributed by atoms with van der Waals surface area (Å²) in [7, 11) is 0. The van der Waals surface area contributed by atoms with Gasteiger partial charge in [-0.05, 0) is 53.8 Å². The highest BCUT2D eigenvalue weighted by Gasteiger charge is 2.48. The third kappa shape index (κ3) is 6.56. The Morgan fingerprint density at radius 2 is 1.46 bits per heavy atom. The van der Waals surface area contributed by atoms with Crippen LogP contribution in [0.4, 0.5) is 13.2 Å². The van der Waals surface area contributed by atoms with Gasteiger partial charge in [0.05, 0.1) is 11.8 Å². The van der Waals surface area contributed by atoms with Crippen molar-refractivity contribution in [1.29, 1.82) is 0 Å². The first-order valence-electron chi connectivity index (χ1n) is 12.4. The zero-order valence-corrected chi connectivity index (χ0v) is 21.1. The molecule has 1 N–H and O–H groups in total. The minimum absolute atomic E-state index is 0.0850. The number of hydrogen-bond acceptors (Lipinski definition) is 4. The van der Waals surface area contributed by atoms with Crippen LogP contribution in [0.2, 0.25) is 0 Å². The SMILES string of the molecule is CC(C)(c1ccc(-c2ccc(CN3CCN(Cc4ccncc4)[C@H](CC(=O)O)C3)cc2)cc1)C(F)(F)F. The van der Waals surface area contributed by atoms with Gasteiger partial charge in [-0.3, -0.25) is 19.6 Å². The summed E-state index contributed by atoms with van der Waals surface area (Å²) in [5.74, 6) is -0.805. The van der Waals surface area contributed by atoms with E-state index in [1.807, 2.05) is 36.4 Å². The van der Waals surface area contributed by atoms with Crippen LogP contribution in [0.5, 0.6) is 0 Å². The van der Waals surface area contributed by atoms with E-state index in [0.29, 0.717) is 19.6 Å². The van der Waals surface area contributed by atoms with E-state index >= 15 is 0 Å². The number of alkyl halides is 3. The van der Waals surface area contributed by atoms with Crippen LogP contribution in [0.25, 0.3) is 11.1 Å². The molecule has 2 heterocycles. The predicted molar refractivity (Wildman–Crippen MR) is 137 cm³/mol. The molecule has 1 aromatic heterocycles. The fraction of sp³-hybridized carbons (Fsp3) is 0.379. The van der Waals surface area contributed by atoms with Crippen molar-refractivity contribution < 1.29 is 23.1 Å². The van der Waals surface area contributed by atoms with E-state index in [0.717, 1.165) is 35.3 Å². The van der Waals surface area contributed by atoms with Gasteiger partial charge >= 0.3 is 12.1 Å². The third-order valence-corrected chi connectivity index (χ3v) is 7.24. The largest absolute Gasteiger partial charge is 0.481 e. The molecule has 0 aliphatic carbocycles. The molecule has 0 radical (unpaired) electrons. The summed E-state index contributed by atoms with van der Waals surface area (Å²) in [5, 5.41) is 9.45. The van der Waals surface area contributed by atoms with Crippen LogP contribution < -0.4 is 0 Å². The molecule has 0 amide bonds. The topological polar surface area (TPSA) is 56.7 Å². The smallest absolute Gasteiger partial charge is 0.397 e. The van der Waals surface area contributed by atoms with Crippen molar-refractivity contribution >= 4 is 5.97 Å². The molecule has 196 valence electrons. The fourth-order valence-electron chi connectivity index (χ4n) is 4.73. The summed E-state index contributed by atoms with van der Waals surface area (Å²) in [6.07, 6.45) is -0.732. The first-order valence-corrected chi connectivity index (χ1v) is 12.4. The first-order chi connectivity index (χ1) is 17.5. The number of aliphatic carboxylic acids is 1. The Balaban J connectivity index is 1.39. The van der Waals surface area contributed by atoms with Gasteiger partial charge in [-0.2, -0.15) is 13.2 Å². The summed E-state index contributed by atoms with van der Waals surface area (Å²) in [6, 6.07) is 18.4. The maximum absolute atomic E-state index is 13.3. The van der Waals surface area contributed by atoms with Crippen molar-refractivity contribution in [1.82, 2.24) is 14.8 Å². The Morgan fingerprint density at radius 1 is 0.892 bits per heavy atom. The van der Waals surface area contributed by atoms with Crippen molar-refractivity contribution in [2.45, 2.75) is 51.0 Å². The Morgan fingerprint density at radius 3 is 2.03 bits per heavy atom. The monoisotopic (exact) mass is 511 g/mol. The second-order valence-corrected chi connectivity index (χ2v) is 10.2. The lowest BCUT2D eigenvalue weighted by molar-refractivity contribution is -0.180. The van der Waals surface area contributed by atoms with E-state index in [-0.39, 0.29) is 18.0 Å². The van der Waals surface area contributed by atoms with Gasteiger partial charge in [-0.1, -0.05) is 48.5 Å². The zero-order chi connectivity index (χ0) is 26.6. The molecule has 8 heteroatoms. The lowest BCUT2D eigenvalue weighted by Crippen LogP contribution is -2.52. The van der Waals surface area contributed by atoms with Gasteiger partial charge in [0.2, 0.25) is 0 Å². The molecule has 1 saturated heterocycles. The number of hydrogen-bond donors (Lipinski definition) is 1. The number of carbonyl (C=O) groups is 1. The van der Waals surface area contributed by atoms with E-state index in [2.05, 4.69) is 14.8 Å². The van der Waals surface area contributed by atoms with E-state index in [4.69, 9.17) is 0 Å². The molecule has 5 nitrogen and oxygen atoms in total. The van der Waals surface area contributed by atoms with Gasteiger partial charge in [-0.15, -0.1) is 0 Å². The number of carboxylic acids is 1. The highest BCUT2D eigenvalue weighted by atomic mass is 19.4. The number of benzene rings is 2. The van der Waals surface area contributed by atoms with Crippen LogP contribution >= 0.6 is 0 Å². The summed E-state index contributed by atoms with van der Waals surface area (Å²) >= 11 is 0. The standard InChI is InChI=1S/C29H32F3N3O2/c1-28(2,29(30,31)32)25-9-7-24(8-10-25)23-5-3-21(4-6-23)18-34-15-16-35(26(20-34)17-27(36)37)19-22-11-13-33-14-12-22/h3-14,26H,15-20H2,1-2H3,(H,36,37)/t26-/m1/s1. The lowest BCUT2D eigenvalue weighted by atomic mass is 9.83. The Labute approximate surface area is 215 Å². The average molecular weight is 512 g/mol. The fourth-order valence-corrected chi connectivity index (χ4v) is 4.73. The second kappa shape index (κ2) is 11.0. The quantitative estimate of drug-likeness (QED) is 0.417. The van der Waals surface area contributed by atoms with Gasteiger partial charge in [-0.25, -0.2) is 0 Å². The molecule has 0 bridgehead atoms. The first kappa shape index (κ1) is 26.8. The highest BCUT2D eigenvalue weighted by molar-refractivity contribution is 5.67. The number of piperazine rings is 1. The maximum atomic E-state index is 13.3. The van der Waals surface area contributed by atoms with Gasteiger partial charge < -0.3 is 5.11 Å². The van der Waals surface area contributed by atoms with Crippen molar-refractivity contribution in [2.24, 2.45) is 0 Å². The van der Waals surface area contributed by atoms with Gasteiger partial charge in [0.15, 0.2) is 0 Å². The third-order valence-electron chi connectivity index (χ3n) is 7.24. The minimum Gasteiger partial charge on any atom is -0.481 e. The Hall–Kier alpha value is -3.23. The summed E-state index contributed by atoms with van der Waals surface area (Å²) < 4.78 is 40.0. The van der Waals surface area contributed by atoms with Gasteiger partial charge in [0, 0.05) is 51.2 Å². The molecule has 37 heavy (non-hydrogen) atoms. The molecule has 4 rings (SSSR count).